The van der Waals surface area contributed by atoms with E-state index in [2.05, 4.69) is 22.2 Å². The molecule has 106 valence electrons. The molecule has 4 nitrogen and oxygen atoms in total. The Balaban J connectivity index is 2.07. The Hall–Kier alpha value is -1.00. The lowest BCUT2D eigenvalue weighted by Gasteiger charge is -2.21. The van der Waals surface area contributed by atoms with Crippen LogP contribution in [0.2, 0.25) is 0 Å². The van der Waals surface area contributed by atoms with Crippen LogP contribution in [0.3, 0.4) is 0 Å². The van der Waals surface area contributed by atoms with Gasteiger partial charge in [-0.3, -0.25) is 0 Å². The molecule has 0 saturated carbocycles. The number of hydrogen-bond donors (Lipinski definition) is 1. The van der Waals surface area contributed by atoms with Gasteiger partial charge in [0.1, 0.15) is 6.33 Å². The second kappa shape index (κ2) is 7.56. The lowest BCUT2D eigenvalue weighted by molar-refractivity contribution is 0.165. The number of methoxy groups -OCH3 is 1. The SMILES string of the molecule is CCCNC(COC)Cc1ncnc2c1CCCC2. The van der Waals surface area contributed by atoms with E-state index in [0.717, 1.165) is 38.8 Å². The Morgan fingerprint density at radius 2 is 2.16 bits per heavy atom. The van der Waals surface area contributed by atoms with E-state index in [1.54, 1.807) is 13.4 Å². The third-order valence-electron chi connectivity index (χ3n) is 3.70. The largest absolute Gasteiger partial charge is 0.383 e. The maximum Gasteiger partial charge on any atom is 0.115 e. The van der Waals surface area contributed by atoms with Crippen LogP contribution < -0.4 is 5.32 Å². The molecule has 2 rings (SSSR count). The molecule has 1 aromatic heterocycles. The summed E-state index contributed by atoms with van der Waals surface area (Å²) >= 11 is 0. The van der Waals surface area contributed by atoms with Crippen LogP contribution in [0.5, 0.6) is 0 Å². The van der Waals surface area contributed by atoms with Gasteiger partial charge in [0, 0.05) is 31.0 Å². The van der Waals surface area contributed by atoms with Gasteiger partial charge in [0.05, 0.1) is 6.61 Å². The topological polar surface area (TPSA) is 47.0 Å². The molecule has 1 aliphatic rings. The number of ether oxygens (including phenoxy) is 1. The van der Waals surface area contributed by atoms with Gasteiger partial charge in [-0.1, -0.05) is 6.92 Å². The van der Waals surface area contributed by atoms with Crippen molar-refractivity contribution in [2.45, 2.75) is 51.5 Å². The molecular weight excluding hydrogens is 238 g/mol. The Kier molecular flexibility index (Phi) is 5.73. The molecule has 1 aromatic rings. The summed E-state index contributed by atoms with van der Waals surface area (Å²) in [6.07, 6.45) is 8.59. The number of hydrogen-bond acceptors (Lipinski definition) is 4. The second-order valence-corrected chi connectivity index (χ2v) is 5.26. The van der Waals surface area contributed by atoms with Gasteiger partial charge in [-0.2, -0.15) is 0 Å². The highest BCUT2D eigenvalue weighted by molar-refractivity contribution is 5.27. The van der Waals surface area contributed by atoms with Gasteiger partial charge >= 0.3 is 0 Å². The standard InChI is InChI=1S/C15H25N3O/c1-3-8-16-12(10-19-2)9-15-13-6-4-5-7-14(13)17-11-18-15/h11-12,16H,3-10H2,1-2H3. The van der Waals surface area contributed by atoms with Gasteiger partial charge < -0.3 is 10.1 Å². The van der Waals surface area contributed by atoms with Gasteiger partial charge in [-0.05, 0) is 44.2 Å². The fraction of sp³-hybridized carbons (Fsp3) is 0.733. The van der Waals surface area contributed by atoms with Crippen molar-refractivity contribution >= 4 is 0 Å². The number of nitrogens with zero attached hydrogens (tertiary/aromatic N) is 2. The quantitative estimate of drug-likeness (QED) is 0.816. The Labute approximate surface area is 116 Å². The highest BCUT2D eigenvalue weighted by atomic mass is 16.5. The zero-order valence-electron chi connectivity index (χ0n) is 12.1. The normalized spacial score (nSPS) is 16.1. The monoisotopic (exact) mass is 263 g/mol. The maximum atomic E-state index is 5.31. The summed E-state index contributed by atoms with van der Waals surface area (Å²) in [5.41, 5.74) is 3.88. The third-order valence-corrected chi connectivity index (χ3v) is 3.70. The second-order valence-electron chi connectivity index (χ2n) is 5.26. The van der Waals surface area contributed by atoms with Crippen LogP contribution >= 0.6 is 0 Å². The molecule has 1 atom stereocenters. The van der Waals surface area contributed by atoms with E-state index >= 15 is 0 Å². The smallest absolute Gasteiger partial charge is 0.115 e. The van der Waals surface area contributed by atoms with Crippen LogP contribution in [0.15, 0.2) is 6.33 Å². The average molecular weight is 263 g/mol. The van der Waals surface area contributed by atoms with E-state index in [1.807, 2.05) is 0 Å². The first kappa shape index (κ1) is 14.4. The first-order valence-corrected chi connectivity index (χ1v) is 7.39. The molecule has 0 saturated heterocycles. The Morgan fingerprint density at radius 3 is 2.95 bits per heavy atom. The van der Waals surface area contributed by atoms with Crippen molar-refractivity contribution in [3.05, 3.63) is 23.3 Å². The molecule has 1 heterocycles. The molecule has 1 N–H and O–H groups in total. The van der Waals surface area contributed by atoms with Gasteiger partial charge in [0.15, 0.2) is 0 Å². The Morgan fingerprint density at radius 1 is 1.32 bits per heavy atom. The van der Waals surface area contributed by atoms with Crippen molar-refractivity contribution in [1.82, 2.24) is 15.3 Å². The molecule has 19 heavy (non-hydrogen) atoms. The van der Waals surface area contributed by atoms with Crippen LogP contribution in [-0.2, 0) is 24.0 Å². The molecular formula is C15H25N3O. The summed E-state index contributed by atoms with van der Waals surface area (Å²) in [7, 11) is 1.76. The van der Waals surface area contributed by atoms with E-state index in [0.29, 0.717) is 6.04 Å². The van der Waals surface area contributed by atoms with Crippen molar-refractivity contribution in [2.75, 3.05) is 20.3 Å². The van der Waals surface area contributed by atoms with Crippen LogP contribution in [0.1, 0.15) is 43.1 Å². The molecule has 0 radical (unpaired) electrons. The van der Waals surface area contributed by atoms with E-state index in [1.165, 1.54) is 29.8 Å². The third kappa shape index (κ3) is 3.98. The van der Waals surface area contributed by atoms with Gasteiger partial charge in [0.25, 0.3) is 0 Å². The maximum absolute atomic E-state index is 5.31. The fourth-order valence-corrected chi connectivity index (χ4v) is 2.74. The minimum absolute atomic E-state index is 0.353. The summed E-state index contributed by atoms with van der Waals surface area (Å²) < 4.78 is 5.31. The lowest BCUT2D eigenvalue weighted by Crippen LogP contribution is -2.36. The summed E-state index contributed by atoms with van der Waals surface area (Å²) in [4.78, 5) is 8.95. The van der Waals surface area contributed by atoms with Crippen molar-refractivity contribution in [3.63, 3.8) is 0 Å². The molecule has 0 amide bonds. The van der Waals surface area contributed by atoms with Crippen LogP contribution in [-0.4, -0.2) is 36.3 Å². The summed E-state index contributed by atoms with van der Waals surface area (Å²) in [6, 6.07) is 0.353. The number of rotatable bonds is 7. The number of aryl methyl sites for hydroxylation is 1. The van der Waals surface area contributed by atoms with E-state index in [4.69, 9.17) is 4.74 Å². The van der Waals surface area contributed by atoms with Crippen molar-refractivity contribution < 1.29 is 4.74 Å². The number of aromatic nitrogens is 2. The molecule has 0 bridgehead atoms. The molecule has 0 aliphatic heterocycles. The van der Waals surface area contributed by atoms with Crippen LogP contribution in [0.25, 0.3) is 0 Å². The average Bonchev–Trinajstić information content (AvgIpc) is 2.45. The van der Waals surface area contributed by atoms with E-state index in [9.17, 15) is 0 Å². The van der Waals surface area contributed by atoms with Crippen molar-refractivity contribution in [3.8, 4) is 0 Å². The number of nitrogens with one attached hydrogen (secondary N) is 1. The predicted molar refractivity (Wildman–Crippen MR) is 76.3 cm³/mol. The van der Waals surface area contributed by atoms with Crippen molar-refractivity contribution in [2.24, 2.45) is 0 Å². The van der Waals surface area contributed by atoms with Crippen molar-refractivity contribution in [1.29, 1.82) is 0 Å². The summed E-state index contributed by atoms with van der Waals surface area (Å²) in [5, 5.41) is 3.54. The first-order chi connectivity index (χ1) is 9.35. The molecule has 4 heteroatoms. The molecule has 1 aliphatic carbocycles. The lowest BCUT2D eigenvalue weighted by atomic mass is 9.93. The molecule has 0 aromatic carbocycles. The van der Waals surface area contributed by atoms with E-state index < -0.39 is 0 Å². The minimum atomic E-state index is 0.353. The van der Waals surface area contributed by atoms with Gasteiger partial charge in [0.2, 0.25) is 0 Å². The fourth-order valence-electron chi connectivity index (χ4n) is 2.74. The molecule has 0 fully saturated rings. The highest BCUT2D eigenvalue weighted by Gasteiger charge is 2.18. The predicted octanol–water partition coefficient (Wildman–Crippen LogP) is 1.91. The zero-order chi connectivity index (χ0) is 13.5. The summed E-state index contributed by atoms with van der Waals surface area (Å²) in [5.74, 6) is 0. The molecule has 1 unspecified atom stereocenters. The van der Waals surface area contributed by atoms with Gasteiger partial charge in [-0.15, -0.1) is 0 Å². The van der Waals surface area contributed by atoms with Crippen LogP contribution in [0, 0.1) is 0 Å². The Bertz CT molecular complexity index is 395. The first-order valence-electron chi connectivity index (χ1n) is 7.39. The molecule has 0 spiro atoms. The van der Waals surface area contributed by atoms with Crippen LogP contribution in [0.4, 0.5) is 0 Å². The summed E-state index contributed by atoms with van der Waals surface area (Å²) in [6.45, 7) is 3.95. The highest BCUT2D eigenvalue weighted by Crippen LogP contribution is 2.22. The van der Waals surface area contributed by atoms with Gasteiger partial charge in [-0.25, -0.2) is 9.97 Å². The number of fused-ring (bicyclic) bond motifs is 1. The zero-order valence-corrected chi connectivity index (χ0v) is 12.1. The van der Waals surface area contributed by atoms with E-state index in [-0.39, 0.29) is 0 Å². The minimum Gasteiger partial charge on any atom is -0.383 e.